The maximum atomic E-state index is 12.4. The van der Waals surface area contributed by atoms with Crippen LogP contribution in [-0.4, -0.2) is 33.8 Å². The molecule has 1 atom stereocenters. The van der Waals surface area contributed by atoms with E-state index in [1.807, 2.05) is 35.1 Å². The van der Waals surface area contributed by atoms with Gasteiger partial charge in [-0.15, -0.1) is 0 Å². The largest absolute Gasteiger partial charge is 0.441 e. The molecule has 0 saturated carbocycles. The first-order chi connectivity index (χ1) is 12.7. The Morgan fingerprint density at radius 2 is 2.15 bits per heavy atom. The van der Waals surface area contributed by atoms with Gasteiger partial charge in [0.05, 0.1) is 12.2 Å². The van der Waals surface area contributed by atoms with Gasteiger partial charge >= 0.3 is 0 Å². The molecule has 26 heavy (non-hydrogen) atoms. The smallest absolute Gasteiger partial charge is 0.276 e. The molecule has 1 saturated heterocycles. The number of amides is 1. The van der Waals surface area contributed by atoms with E-state index in [4.69, 9.17) is 4.42 Å². The third-order valence-electron chi connectivity index (χ3n) is 4.53. The number of oxazole rings is 1. The van der Waals surface area contributed by atoms with Crippen LogP contribution in [0.1, 0.15) is 35.3 Å². The van der Waals surface area contributed by atoms with Gasteiger partial charge in [-0.3, -0.25) is 9.48 Å². The summed E-state index contributed by atoms with van der Waals surface area (Å²) in [6.45, 7) is 3.75. The van der Waals surface area contributed by atoms with E-state index >= 15 is 0 Å². The molecule has 1 aliphatic heterocycles. The normalized spacial score (nSPS) is 17.2. The van der Waals surface area contributed by atoms with Crippen molar-refractivity contribution in [3.05, 3.63) is 54.3 Å². The molecule has 3 aromatic rings. The minimum absolute atomic E-state index is 0.212. The number of carbonyl (C=O) groups excluding carboxylic acids is 1. The van der Waals surface area contributed by atoms with Crippen molar-refractivity contribution in [1.29, 1.82) is 0 Å². The molecule has 4 rings (SSSR count). The maximum absolute atomic E-state index is 12.4. The second-order valence-electron chi connectivity index (χ2n) is 6.46. The number of anilines is 1. The van der Waals surface area contributed by atoms with E-state index in [1.54, 1.807) is 19.2 Å². The fourth-order valence-corrected chi connectivity index (χ4v) is 3.13. The number of aromatic nitrogens is 3. The van der Waals surface area contributed by atoms with Crippen molar-refractivity contribution in [2.75, 3.05) is 18.4 Å². The SMILES string of the molecule is Cc1ncc(-c2ccc(NC(=O)c3ccn(C4CCCNC4)n3)cc2)o1. The van der Waals surface area contributed by atoms with Gasteiger partial charge in [-0.2, -0.15) is 5.10 Å². The second-order valence-corrected chi connectivity index (χ2v) is 6.46. The molecule has 7 heteroatoms. The van der Waals surface area contributed by atoms with Crippen LogP contribution in [0.4, 0.5) is 5.69 Å². The second kappa shape index (κ2) is 7.13. The first-order valence-corrected chi connectivity index (χ1v) is 8.79. The summed E-state index contributed by atoms with van der Waals surface area (Å²) in [6.07, 6.45) is 5.78. The standard InChI is InChI=1S/C19H21N5O2/c1-13-21-12-18(26-13)14-4-6-15(7-5-14)22-19(25)17-8-10-24(23-17)16-3-2-9-20-11-16/h4-8,10,12,16,20H,2-3,9,11H2,1H3,(H,22,25). The molecule has 2 aromatic heterocycles. The van der Waals surface area contributed by atoms with E-state index in [-0.39, 0.29) is 5.91 Å². The highest BCUT2D eigenvalue weighted by molar-refractivity contribution is 6.02. The third-order valence-corrected chi connectivity index (χ3v) is 4.53. The molecule has 1 aliphatic rings. The van der Waals surface area contributed by atoms with E-state index < -0.39 is 0 Å². The van der Waals surface area contributed by atoms with Gasteiger partial charge in [0.15, 0.2) is 17.3 Å². The summed E-state index contributed by atoms with van der Waals surface area (Å²) in [5.74, 6) is 1.12. The molecule has 0 aliphatic carbocycles. The fourth-order valence-electron chi connectivity index (χ4n) is 3.13. The summed E-state index contributed by atoms with van der Waals surface area (Å²) in [6, 6.07) is 9.54. The number of hydrogen-bond donors (Lipinski definition) is 2. The van der Waals surface area contributed by atoms with Crippen LogP contribution in [0.25, 0.3) is 11.3 Å². The summed E-state index contributed by atoms with van der Waals surface area (Å²) >= 11 is 0. The minimum Gasteiger partial charge on any atom is -0.441 e. The number of aryl methyl sites for hydroxylation is 1. The summed E-state index contributed by atoms with van der Waals surface area (Å²) in [5.41, 5.74) is 2.05. The first kappa shape index (κ1) is 16.5. The molecule has 0 bridgehead atoms. The Morgan fingerprint density at radius 3 is 2.85 bits per heavy atom. The molecule has 134 valence electrons. The molecular weight excluding hydrogens is 330 g/mol. The molecule has 1 aromatic carbocycles. The van der Waals surface area contributed by atoms with Gasteiger partial charge in [0.1, 0.15) is 0 Å². The zero-order valence-corrected chi connectivity index (χ0v) is 14.6. The Balaban J connectivity index is 1.42. The van der Waals surface area contributed by atoms with Gasteiger partial charge in [0.2, 0.25) is 0 Å². The molecule has 0 spiro atoms. The van der Waals surface area contributed by atoms with Crippen molar-refractivity contribution in [3.8, 4) is 11.3 Å². The number of hydrogen-bond acceptors (Lipinski definition) is 5. The van der Waals surface area contributed by atoms with Crippen LogP contribution in [0.5, 0.6) is 0 Å². The van der Waals surface area contributed by atoms with E-state index in [9.17, 15) is 4.79 Å². The Kier molecular flexibility index (Phi) is 4.53. The van der Waals surface area contributed by atoms with Crippen LogP contribution in [0.2, 0.25) is 0 Å². The molecule has 1 unspecified atom stereocenters. The van der Waals surface area contributed by atoms with Crippen molar-refractivity contribution in [3.63, 3.8) is 0 Å². The molecular formula is C19H21N5O2. The Hall–Kier alpha value is -2.93. The molecule has 3 heterocycles. The summed E-state index contributed by atoms with van der Waals surface area (Å²) in [4.78, 5) is 16.5. The Morgan fingerprint density at radius 1 is 1.31 bits per heavy atom. The quantitative estimate of drug-likeness (QED) is 0.755. The highest BCUT2D eigenvalue weighted by Gasteiger charge is 2.17. The first-order valence-electron chi connectivity index (χ1n) is 8.79. The van der Waals surface area contributed by atoms with Gasteiger partial charge < -0.3 is 15.1 Å². The van der Waals surface area contributed by atoms with Crippen LogP contribution < -0.4 is 10.6 Å². The molecule has 2 N–H and O–H groups in total. The van der Waals surface area contributed by atoms with Crippen molar-refractivity contribution >= 4 is 11.6 Å². The number of nitrogens with zero attached hydrogens (tertiary/aromatic N) is 3. The van der Waals surface area contributed by atoms with Crippen molar-refractivity contribution < 1.29 is 9.21 Å². The Labute approximate surface area is 151 Å². The lowest BCUT2D eigenvalue weighted by Gasteiger charge is -2.22. The lowest BCUT2D eigenvalue weighted by Crippen LogP contribution is -2.32. The highest BCUT2D eigenvalue weighted by atomic mass is 16.4. The number of rotatable bonds is 4. The lowest BCUT2D eigenvalue weighted by molar-refractivity contribution is 0.102. The van der Waals surface area contributed by atoms with Crippen LogP contribution in [-0.2, 0) is 0 Å². The maximum Gasteiger partial charge on any atom is 0.276 e. The minimum atomic E-state index is -0.212. The average Bonchev–Trinajstić information content (AvgIpc) is 3.32. The number of piperidine rings is 1. The number of nitrogens with one attached hydrogen (secondary N) is 2. The Bertz CT molecular complexity index is 891. The van der Waals surface area contributed by atoms with E-state index in [1.165, 1.54) is 0 Å². The highest BCUT2D eigenvalue weighted by Crippen LogP contribution is 2.22. The monoisotopic (exact) mass is 351 g/mol. The zero-order chi connectivity index (χ0) is 17.9. The van der Waals surface area contributed by atoms with Crippen LogP contribution >= 0.6 is 0 Å². The zero-order valence-electron chi connectivity index (χ0n) is 14.6. The lowest BCUT2D eigenvalue weighted by atomic mass is 10.1. The predicted octanol–water partition coefficient (Wildman–Crippen LogP) is 3.02. The van der Waals surface area contributed by atoms with Crippen molar-refractivity contribution in [1.82, 2.24) is 20.1 Å². The van der Waals surface area contributed by atoms with Crippen molar-refractivity contribution in [2.45, 2.75) is 25.8 Å². The third kappa shape index (κ3) is 3.52. The van der Waals surface area contributed by atoms with Gasteiger partial charge in [0.25, 0.3) is 5.91 Å². The number of benzene rings is 1. The summed E-state index contributed by atoms with van der Waals surface area (Å²) in [7, 11) is 0. The molecule has 1 amide bonds. The van der Waals surface area contributed by atoms with Crippen LogP contribution in [0.15, 0.2) is 47.1 Å². The molecule has 1 fully saturated rings. The van der Waals surface area contributed by atoms with Gasteiger partial charge in [-0.1, -0.05) is 0 Å². The van der Waals surface area contributed by atoms with E-state index in [0.29, 0.717) is 29.1 Å². The van der Waals surface area contributed by atoms with Crippen molar-refractivity contribution in [2.24, 2.45) is 0 Å². The summed E-state index contributed by atoms with van der Waals surface area (Å²) < 4.78 is 7.39. The van der Waals surface area contributed by atoms with Gasteiger partial charge in [-0.05, 0) is 49.7 Å². The molecule has 0 radical (unpaired) electrons. The average molecular weight is 351 g/mol. The number of carbonyl (C=O) groups is 1. The van der Waals surface area contributed by atoms with E-state index in [0.717, 1.165) is 31.5 Å². The van der Waals surface area contributed by atoms with E-state index in [2.05, 4.69) is 20.7 Å². The topological polar surface area (TPSA) is 85.0 Å². The fraction of sp³-hybridized carbons (Fsp3) is 0.316. The van der Waals surface area contributed by atoms with Gasteiger partial charge in [0, 0.05) is 30.9 Å². The molecule has 7 nitrogen and oxygen atoms in total. The predicted molar refractivity (Wildman–Crippen MR) is 98.0 cm³/mol. The van der Waals surface area contributed by atoms with Crippen LogP contribution in [0.3, 0.4) is 0 Å². The van der Waals surface area contributed by atoms with Crippen LogP contribution in [0, 0.1) is 6.92 Å². The summed E-state index contributed by atoms with van der Waals surface area (Å²) in [5, 5.41) is 10.7. The van der Waals surface area contributed by atoms with Gasteiger partial charge in [-0.25, -0.2) is 4.98 Å².